The molecule has 0 unspecified atom stereocenters. The van der Waals surface area contributed by atoms with Gasteiger partial charge in [0.2, 0.25) is 0 Å². The first kappa shape index (κ1) is 15.1. The molecule has 1 N–H and O–H groups in total. The van der Waals surface area contributed by atoms with Gasteiger partial charge in [0, 0.05) is 14.9 Å². The van der Waals surface area contributed by atoms with Gasteiger partial charge in [-0.1, -0.05) is 40.9 Å². The molecule has 1 aliphatic carbocycles. The Labute approximate surface area is 146 Å². The minimum Gasteiger partial charge on any atom is -0.306 e. The van der Waals surface area contributed by atoms with Crippen molar-refractivity contribution in [3.05, 3.63) is 49.5 Å². The summed E-state index contributed by atoms with van der Waals surface area (Å²) in [5.41, 5.74) is 2.19. The van der Waals surface area contributed by atoms with E-state index in [0.717, 1.165) is 33.1 Å². The van der Waals surface area contributed by atoms with E-state index in [-0.39, 0.29) is 5.56 Å². The van der Waals surface area contributed by atoms with Crippen LogP contribution in [0.3, 0.4) is 0 Å². The number of benzene rings is 1. The number of hydrogen-bond acceptors (Lipinski definition) is 3. The van der Waals surface area contributed by atoms with Crippen LogP contribution < -0.4 is 5.56 Å². The van der Waals surface area contributed by atoms with E-state index in [1.165, 1.54) is 36.1 Å². The molecule has 0 atom stereocenters. The Morgan fingerprint density at radius 1 is 1.04 bits per heavy atom. The van der Waals surface area contributed by atoms with Gasteiger partial charge in [0.05, 0.1) is 5.39 Å². The fourth-order valence-corrected chi connectivity index (χ4v) is 4.79. The van der Waals surface area contributed by atoms with Crippen LogP contribution in [0, 0.1) is 0 Å². The van der Waals surface area contributed by atoms with E-state index < -0.39 is 0 Å². The molecule has 0 fully saturated rings. The zero-order valence-corrected chi connectivity index (χ0v) is 15.1. The van der Waals surface area contributed by atoms with Crippen LogP contribution in [0.2, 0.25) is 0 Å². The van der Waals surface area contributed by atoms with Crippen LogP contribution in [0.15, 0.2) is 33.5 Å². The number of rotatable bonds is 1. The van der Waals surface area contributed by atoms with Gasteiger partial charge in [0.15, 0.2) is 0 Å². The van der Waals surface area contributed by atoms with Crippen LogP contribution in [0.25, 0.3) is 21.6 Å². The highest BCUT2D eigenvalue weighted by Crippen LogP contribution is 2.33. The van der Waals surface area contributed by atoms with E-state index in [0.29, 0.717) is 5.82 Å². The molecule has 4 rings (SSSR count). The molecule has 0 spiro atoms. The van der Waals surface area contributed by atoms with E-state index in [1.807, 2.05) is 24.3 Å². The van der Waals surface area contributed by atoms with Crippen LogP contribution in [-0.4, -0.2) is 9.97 Å². The van der Waals surface area contributed by atoms with Crippen molar-refractivity contribution in [1.29, 1.82) is 0 Å². The summed E-state index contributed by atoms with van der Waals surface area (Å²) in [4.78, 5) is 22.7. The number of aryl methyl sites for hydroxylation is 2. The molecule has 2 heterocycles. The summed E-state index contributed by atoms with van der Waals surface area (Å²) in [6, 6.07) is 7.87. The molecule has 0 saturated carbocycles. The Balaban J connectivity index is 1.88. The highest BCUT2D eigenvalue weighted by atomic mass is 79.9. The summed E-state index contributed by atoms with van der Waals surface area (Å²) in [6.45, 7) is 0. The molecule has 1 aromatic carbocycles. The van der Waals surface area contributed by atoms with Gasteiger partial charge in [-0.25, -0.2) is 4.98 Å². The van der Waals surface area contributed by atoms with Gasteiger partial charge in [-0.15, -0.1) is 11.3 Å². The highest BCUT2D eigenvalue weighted by molar-refractivity contribution is 9.10. The second kappa shape index (κ2) is 6.21. The van der Waals surface area contributed by atoms with Crippen LogP contribution in [-0.2, 0) is 12.8 Å². The van der Waals surface area contributed by atoms with Gasteiger partial charge in [-0.05, 0) is 43.4 Å². The van der Waals surface area contributed by atoms with E-state index in [2.05, 4.69) is 20.9 Å². The Morgan fingerprint density at radius 2 is 1.78 bits per heavy atom. The Bertz CT molecular complexity index is 911. The maximum absolute atomic E-state index is 12.7. The number of nitrogens with zero attached hydrogens (tertiary/aromatic N) is 1. The Kier molecular flexibility index (Phi) is 4.07. The number of aromatic amines is 1. The van der Waals surface area contributed by atoms with E-state index in [1.54, 1.807) is 11.3 Å². The van der Waals surface area contributed by atoms with Gasteiger partial charge in [-0.2, -0.15) is 0 Å². The first-order valence-corrected chi connectivity index (χ1v) is 9.64. The summed E-state index contributed by atoms with van der Waals surface area (Å²) in [6.07, 6.45) is 7.05. The van der Waals surface area contributed by atoms with Crippen molar-refractivity contribution in [1.82, 2.24) is 9.97 Å². The molecule has 2 aromatic heterocycles. The van der Waals surface area contributed by atoms with Crippen LogP contribution >= 0.6 is 27.3 Å². The van der Waals surface area contributed by atoms with Crippen LogP contribution in [0.4, 0.5) is 0 Å². The monoisotopic (exact) mass is 388 g/mol. The number of nitrogens with one attached hydrogen (secondary N) is 1. The smallest absolute Gasteiger partial charge is 0.260 e. The first-order chi connectivity index (χ1) is 11.2. The third-order valence-corrected chi connectivity index (χ3v) is 6.16. The third-order valence-electron chi connectivity index (χ3n) is 4.44. The lowest BCUT2D eigenvalue weighted by Crippen LogP contribution is -2.10. The molecule has 1 aliphatic rings. The minimum atomic E-state index is 0.00555. The van der Waals surface area contributed by atoms with Crippen molar-refractivity contribution in [2.24, 2.45) is 0 Å². The van der Waals surface area contributed by atoms with Crippen molar-refractivity contribution < 1.29 is 0 Å². The number of aromatic nitrogens is 2. The summed E-state index contributed by atoms with van der Waals surface area (Å²) in [5, 5.41) is 0.827. The molecule has 118 valence electrons. The topological polar surface area (TPSA) is 45.8 Å². The fourth-order valence-electron chi connectivity index (χ4n) is 3.26. The molecule has 5 heteroatoms. The average Bonchev–Trinajstić information content (AvgIpc) is 2.85. The summed E-state index contributed by atoms with van der Waals surface area (Å²) in [5.74, 6) is 0.657. The standard InChI is InChI=1S/C18H17BrN2OS/c19-12-9-7-11(8-10-12)16-20-17(22)15-13-5-3-1-2-4-6-14(13)23-18(15)21-16/h7-10H,1-6H2,(H,20,21,22). The lowest BCUT2D eigenvalue weighted by atomic mass is 9.98. The molecular weight excluding hydrogens is 372 g/mol. The first-order valence-electron chi connectivity index (χ1n) is 8.03. The number of H-pyrrole nitrogens is 1. The number of halogens is 1. The molecule has 0 saturated heterocycles. The number of fused-ring (bicyclic) bond motifs is 3. The average molecular weight is 389 g/mol. The van der Waals surface area contributed by atoms with E-state index in [9.17, 15) is 4.79 Å². The molecule has 23 heavy (non-hydrogen) atoms. The summed E-state index contributed by atoms with van der Waals surface area (Å²) < 4.78 is 1.02. The van der Waals surface area contributed by atoms with Gasteiger partial charge in [-0.3, -0.25) is 4.79 Å². The minimum absolute atomic E-state index is 0.00555. The van der Waals surface area contributed by atoms with Crippen molar-refractivity contribution in [2.45, 2.75) is 38.5 Å². The Hall–Kier alpha value is -1.46. The number of thiophene rings is 1. The quantitative estimate of drug-likeness (QED) is 0.631. The SMILES string of the molecule is O=c1[nH]c(-c2ccc(Br)cc2)nc2sc3c(c12)CCCCCC3. The fraction of sp³-hybridized carbons (Fsp3) is 0.333. The predicted molar refractivity (Wildman–Crippen MR) is 99.3 cm³/mol. The van der Waals surface area contributed by atoms with Gasteiger partial charge < -0.3 is 4.98 Å². The third kappa shape index (κ3) is 2.88. The lowest BCUT2D eigenvalue weighted by Gasteiger charge is -2.08. The van der Waals surface area contributed by atoms with E-state index >= 15 is 0 Å². The van der Waals surface area contributed by atoms with Crippen molar-refractivity contribution in [3.8, 4) is 11.4 Å². The second-order valence-corrected chi connectivity index (χ2v) is 8.02. The molecule has 0 bridgehead atoms. The maximum Gasteiger partial charge on any atom is 0.260 e. The molecule has 0 amide bonds. The van der Waals surface area contributed by atoms with Gasteiger partial charge >= 0.3 is 0 Å². The molecule has 0 aliphatic heterocycles. The molecular formula is C18H17BrN2OS. The largest absolute Gasteiger partial charge is 0.306 e. The summed E-state index contributed by atoms with van der Waals surface area (Å²) in [7, 11) is 0. The second-order valence-electron chi connectivity index (χ2n) is 6.02. The summed E-state index contributed by atoms with van der Waals surface area (Å²) >= 11 is 5.14. The van der Waals surface area contributed by atoms with Crippen LogP contribution in [0.1, 0.15) is 36.1 Å². The van der Waals surface area contributed by atoms with E-state index in [4.69, 9.17) is 4.98 Å². The zero-order chi connectivity index (χ0) is 15.8. The Morgan fingerprint density at radius 3 is 2.57 bits per heavy atom. The van der Waals surface area contributed by atoms with Gasteiger partial charge in [0.25, 0.3) is 5.56 Å². The van der Waals surface area contributed by atoms with Crippen LogP contribution in [0.5, 0.6) is 0 Å². The highest BCUT2D eigenvalue weighted by Gasteiger charge is 2.18. The zero-order valence-electron chi connectivity index (χ0n) is 12.7. The maximum atomic E-state index is 12.7. The predicted octanol–water partition coefficient (Wildman–Crippen LogP) is 5.07. The molecule has 3 nitrogen and oxygen atoms in total. The normalized spacial score (nSPS) is 15.2. The number of hydrogen-bond donors (Lipinski definition) is 1. The lowest BCUT2D eigenvalue weighted by molar-refractivity contribution is 0.623. The van der Waals surface area contributed by atoms with Crippen molar-refractivity contribution >= 4 is 37.5 Å². The molecule has 3 aromatic rings. The van der Waals surface area contributed by atoms with Gasteiger partial charge in [0.1, 0.15) is 10.7 Å². The molecule has 0 radical (unpaired) electrons. The van der Waals surface area contributed by atoms with Crippen molar-refractivity contribution in [2.75, 3.05) is 0 Å². The van der Waals surface area contributed by atoms with Crippen molar-refractivity contribution in [3.63, 3.8) is 0 Å².